The number of aryl methyl sites for hydroxylation is 1. The van der Waals surface area contributed by atoms with Crippen molar-refractivity contribution in [2.75, 3.05) is 13.2 Å². The highest BCUT2D eigenvalue weighted by molar-refractivity contribution is 14.1. The molecule has 0 spiro atoms. The van der Waals surface area contributed by atoms with Gasteiger partial charge < -0.3 is 14.6 Å². The first kappa shape index (κ1) is 23.1. The van der Waals surface area contributed by atoms with Crippen molar-refractivity contribution in [2.45, 2.75) is 20.4 Å². The summed E-state index contributed by atoms with van der Waals surface area (Å²) in [6, 6.07) is 11.1. The summed E-state index contributed by atoms with van der Waals surface area (Å²) in [4.78, 5) is 37.6. The second kappa shape index (κ2) is 10.2. The summed E-state index contributed by atoms with van der Waals surface area (Å²) in [7, 11) is 0. The van der Waals surface area contributed by atoms with Gasteiger partial charge in [-0.3, -0.25) is 14.5 Å². The monoisotopic (exact) mass is 553 g/mol. The SMILES string of the molecule is CCOc1cc(/C=C2\SC(=O)N(Cc3ccc(C)cc3)C2=O)cc(I)c1OCC(=O)O. The Labute approximate surface area is 197 Å². The number of ether oxygens (including phenoxy) is 2. The van der Waals surface area contributed by atoms with Crippen molar-refractivity contribution in [3.8, 4) is 11.5 Å². The van der Waals surface area contributed by atoms with Crippen molar-refractivity contribution in [3.05, 3.63) is 61.6 Å². The molecule has 1 N–H and O–H groups in total. The number of benzene rings is 2. The van der Waals surface area contributed by atoms with Crippen molar-refractivity contribution in [2.24, 2.45) is 0 Å². The van der Waals surface area contributed by atoms with E-state index in [4.69, 9.17) is 14.6 Å². The van der Waals surface area contributed by atoms with E-state index in [0.717, 1.165) is 22.9 Å². The second-order valence-electron chi connectivity index (χ2n) is 6.70. The lowest BCUT2D eigenvalue weighted by atomic mass is 10.1. The van der Waals surface area contributed by atoms with E-state index < -0.39 is 12.6 Å². The third-order valence-electron chi connectivity index (χ3n) is 4.30. The molecule has 9 heteroatoms. The minimum absolute atomic E-state index is 0.214. The summed E-state index contributed by atoms with van der Waals surface area (Å²) < 4.78 is 11.6. The van der Waals surface area contributed by atoms with Gasteiger partial charge in [-0.2, -0.15) is 0 Å². The zero-order valence-corrected chi connectivity index (χ0v) is 19.9. The number of amides is 2. The summed E-state index contributed by atoms with van der Waals surface area (Å²) in [6.07, 6.45) is 1.63. The van der Waals surface area contributed by atoms with E-state index in [2.05, 4.69) is 0 Å². The molecule has 1 fully saturated rings. The van der Waals surface area contributed by atoms with E-state index in [1.54, 1.807) is 25.1 Å². The fourth-order valence-electron chi connectivity index (χ4n) is 2.87. The topological polar surface area (TPSA) is 93.1 Å². The minimum atomic E-state index is -1.09. The molecule has 1 aliphatic heterocycles. The lowest BCUT2D eigenvalue weighted by Crippen LogP contribution is -2.27. The summed E-state index contributed by atoms with van der Waals surface area (Å²) in [5.41, 5.74) is 2.63. The van der Waals surface area contributed by atoms with Gasteiger partial charge in [0.2, 0.25) is 0 Å². The fraction of sp³-hybridized carbons (Fsp3) is 0.227. The highest BCUT2D eigenvalue weighted by atomic mass is 127. The average Bonchev–Trinajstić information content (AvgIpc) is 2.96. The molecular formula is C22H20INO6S. The fourth-order valence-corrected chi connectivity index (χ4v) is 4.49. The highest BCUT2D eigenvalue weighted by Gasteiger charge is 2.35. The van der Waals surface area contributed by atoms with Gasteiger partial charge in [0.15, 0.2) is 18.1 Å². The zero-order chi connectivity index (χ0) is 22.5. The first-order chi connectivity index (χ1) is 14.8. The Bertz CT molecular complexity index is 1050. The molecule has 0 unspecified atom stereocenters. The van der Waals surface area contributed by atoms with Gasteiger partial charge in [0.05, 0.1) is 21.6 Å². The number of hydrogen-bond acceptors (Lipinski definition) is 6. The number of hydrogen-bond donors (Lipinski definition) is 1. The Morgan fingerprint density at radius 1 is 1.19 bits per heavy atom. The van der Waals surface area contributed by atoms with Crippen LogP contribution in [0.25, 0.3) is 6.08 Å². The van der Waals surface area contributed by atoms with Gasteiger partial charge in [0.25, 0.3) is 11.1 Å². The molecule has 1 aliphatic rings. The van der Waals surface area contributed by atoms with Gasteiger partial charge in [-0.25, -0.2) is 4.79 Å². The number of aliphatic carboxylic acids is 1. The largest absolute Gasteiger partial charge is 0.490 e. The average molecular weight is 553 g/mol. The van der Waals surface area contributed by atoms with Crippen molar-refractivity contribution >= 4 is 57.5 Å². The van der Waals surface area contributed by atoms with Crippen molar-refractivity contribution < 1.29 is 29.0 Å². The van der Waals surface area contributed by atoms with Crippen LogP contribution in [0.2, 0.25) is 0 Å². The van der Waals surface area contributed by atoms with Crippen LogP contribution < -0.4 is 9.47 Å². The number of carboxylic acid groups (broad SMARTS) is 1. The lowest BCUT2D eigenvalue weighted by Gasteiger charge is -2.14. The predicted molar refractivity (Wildman–Crippen MR) is 126 cm³/mol. The maximum Gasteiger partial charge on any atom is 0.341 e. The number of rotatable bonds is 8. The second-order valence-corrected chi connectivity index (χ2v) is 8.85. The molecule has 0 aliphatic carbocycles. The van der Waals surface area contributed by atoms with Crippen LogP contribution in [0.3, 0.4) is 0 Å². The third-order valence-corrected chi connectivity index (χ3v) is 6.01. The Kier molecular flexibility index (Phi) is 7.60. The van der Waals surface area contributed by atoms with Crippen LogP contribution in [0.15, 0.2) is 41.3 Å². The van der Waals surface area contributed by atoms with Crippen molar-refractivity contribution in [3.63, 3.8) is 0 Å². The van der Waals surface area contributed by atoms with Gasteiger partial charge in [0, 0.05) is 0 Å². The number of carbonyl (C=O) groups is 3. The molecule has 31 heavy (non-hydrogen) atoms. The van der Waals surface area contributed by atoms with E-state index in [9.17, 15) is 14.4 Å². The zero-order valence-electron chi connectivity index (χ0n) is 16.9. The molecule has 2 aromatic carbocycles. The molecule has 0 bridgehead atoms. The van der Waals surface area contributed by atoms with Crippen LogP contribution in [0, 0.1) is 10.5 Å². The molecule has 2 aromatic rings. The van der Waals surface area contributed by atoms with Crippen LogP contribution in [0.1, 0.15) is 23.6 Å². The third kappa shape index (κ3) is 5.79. The smallest absolute Gasteiger partial charge is 0.341 e. The number of carbonyl (C=O) groups excluding carboxylic acids is 2. The molecule has 0 aromatic heterocycles. The van der Waals surface area contributed by atoms with Crippen molar-refractivity contribution in [1.82, 2.24) is 4.90 Å². The molecule has 162 valence electrons. The molecule has 3 rings (SSSR count). The van der Waals surface area contributed by atoms with Gasteiger partial charge in [-0.1, -0.05) is 29.8 Å². The van der Waals surface area contributed by atoms with E-state index in [0.29, 0.717) is 32.1 Å². The van der Waals surface area contributed by atoms with Crippen molar-refractivity contribution in [1.29, 1.82) is 0 Å². The number of imide groups is 1. The molecule has 0 atom stereocenters. The summed E-state index contributed by atoms with van der Waals surface area (Å²) >= 11 is 2.91. The van der Waals surface area contributed by atoms with E-state index in [1.165, 1.54) is 4.90 Å². The molecule has 1 heterocycles. The highest BCUT2D eigenvalue weighted by Crippen LogP contribution is 2.37. The number of halogens is 1. The number of thioether (sulfide) groups is 1. The van der Waals surface area contributed by atoms with Gasteiger partial charge in [0.1, 0.15) is 0 Å². The molecule has 7 nitrogen and oxygen atoms in total. The molecule has 0 saturated carbocycles. The minimum Gasteiger partial charge on any atom is -0.490 e. The van der Waals surface area contributed by atoms with Crippen LogP contribution in [-0.4, -0.2) is 40.3 Å². The maximum absolute atomic E-state index is 12.8. The van der Waals surface area contributed by atoms with Crippen LogP contribution in [-0.2, 0) is 16.1 Å². The predicted octanol–water partition coefficient (Wildman–Crippen LogP) is 4.70. The molecule has 2 amide bonds. The van der Waals surface area contributed by atoms with Gasteiger partial charge in [-0.15, -0.1) is 0 Å². The number of nitrogens with zero attached hydrogens (tertiary/aromatic N) is 1. The van der Waals surface area contributed by atoms with E-state index in [-0.39, 0.29) is 17.7 Å². The van der Waals surface area contributed by atoms with Gasteiger partial charge >= 0.3 is 5.97 Å². The summed E-state index contributed by atoms with van der Waals surface area (Å²) in [5, 5.41) is 8.55. The molecular weight excluding hydrogens is 533 g/mol. The van der Waals surface area contributed by atoms with Crippen LogP contribution in [0.4, 0.5) is 4.79 Å². The molecule has 0 radical (unpaired) electrons. The van der Waals surface area contributed by atoms with Gasteiger partial charge in [-0.05, 0) is 77.5 Å². The first-order valence-corrected chi connectivity index (χ1v) is 11.3. The normalized spacial score (nSPS) is 14.9. The quantitative estimate of drug-likeness (QED) is 0.374. The van der Waals surface area contributed by atoms with E-state index >= 15 is 0 Å². The summed E-state index contributed by atoms with van der Waals surface area (Å²) in [6.45, 7) is 3.86. The lowest BCUT2D eigenvalue weighted by molar-refractivity contribution is -0.139. The summed E-state index contributed by atoms with van der Waals surface area (Å²) in [5.74, 6) is -0.741. The van der Waals surface area contributed by atoms with Crippen LogP contribution in [0.5, 0.6) is 11.5 Å². The maximum atomic E-state index is 12.8. The molecule has 1 saturated heterocycles. The Morgan fingerprint density at radius 2 is 1.90 bits per heavy atom. The van der Waals surface area contributed by atoms with E-state index in [1.807, 2.05) is 53.8 Å². The Hall–Kier alpha value is -2.53. The standard InChI is InChI=1S/C22H20INO6S/c1-3-29-17-9-15(8-16(23)20(17)30-12-19(25)26)10-18-21(27)24(22(28)31-18)11-14-6-4-13(2)5-7-14/h4-10H,3,11-12H2,1-2H3,(H,25,26)/b18-10-. The Morgan fingerprint density at radius 3 is 2.55 bits per heavy atom. The first-order valence-electron chi connectivity index (χ1n) is 9.40. The Balaban J connectivity index is 1.85. The number of carboxylic acids is 1. The van der Waals surface area contributed by atoms with Crippen LogP contribution >= 0.6 is 34.4 Å².